The molecule has 0 amide bonds. The van der Waals surface area contributed by atoms with Crippen LogP contribution in [0.3, 0.4) is 0 Å². The van der Waals surface area contributed by atoms with Crippen molar-refractivity contribution in [2.45, 2.75) is 63.3 Å². The topological polar surface area (TPSA) is 96.3 Å². The standard InChI is InChI=1S/C24H35N3O5/c1-30-21-12-20-19(22(31-2)23(21)32-3)11-15(13-25-16-6-8-17(28)9-7-16)24(26-20)27-10-4-5-18(29)14-27/h11-12,16-18,25,28-29H,4-10,13-14H2,1-3H3/t16?,17?,18-/m0/s1. The van der Waals surface area contributed by atoms with Crippen molar-refractivity contribution in [2.75, 3.05) is 39.3 Å². The normalized spacial score (nSPS) is 23.9. The Morgan fingerprint density at radius 3 is 2.38 bits per heavy atom. The molecule has 2 aromatic rings. The van der Waals surface area contributed by atoms with Gasteiger partial charge in [-0.15, -0.1) is 0 Å². The summed E-state index contributed by atoms with van der Waals surface area (Å²) in [6, 6.07) is 4.37. The first-order valence-electron chi connectivity index (χ1n) is 11.5. The highest BCUT2D eigenvalue weighted by atomic mass is 16.5. The van der Waals surface area contributed by atoms with Crippen molar-refractivity contribution in [2.24, 2.45) is 0 Å². The average Bonchev–Trinajstić information content (AvgIpc) is 2.81. The number of rotatable bonds is 7. The van der Waals surface area contributed by atoms with Gasteiger partial charge in [0, 0.05) is 42.7 Å². The van der Waals surface area contributed by atoms with Crippen LogP contribution in [0.25, 0.3) is 10.9 Å². The second-order valence-corrected chi connectivity index (χ2v) is 8.81. The minimum atomic E-state index is -0.346. The maximum atomic E-state index is 10.3. The summed E-state index contributed by atoms with van der Waals surface area (Å²) in [4.78, 5) is 7.20. The Kier molecular flexibility index (Phi) is 7.23. The third-order valence-corrected chi connectivity index (χ3v) is 6.65. The third kappa shape index (κ3) is 4.72. The molecule has 8 nitrogen and oxygen atoms in total. The molecule has 32 heavy (non-hydrogen) atoms. The van der Waals surface area contributed by atoms with E-state index in [9.17, 15) is 10.2 Å². The number of β-amino-alcohol motifs (C(OH)–C–C–N with tert-alkyl or cyclic N) is 1. The van der Waals surface area contributed by atoms with Crippen LogP contribution < -0.4 is 24.4 Å². The van der Waals surface area contributed by atoms with E-state index in [1.165, 1.54) is 0 Å². The van der Waals surface area contributed by atoms with E-state index in [0.717, 1.165) is 67.4 Å². The van der Waals surface area contributed by atoms with Crippen LogP contribution >= 0.6 is 0 Å². The van der Waals surface area contributed by atoms with Crippen LogP contribution in [0.2, 0.25) is 0 Å². The van der Waals surface area contributed by atoms with E-state index in [1.54, 1.807) is 21.3 Å². The van der Waals surface area contributed by atoms with Crippen LogP contribution in [0.15, 0.2) is 12.1 Å². The lowest BCUT2D eigenvalue weighted by molar-refractivity contribution is 0.116. The highest BCUT2D eigenvalue weighted by Gasteiger charge is 2.25. The Labute approximate surface area is 189 Å². The van der Waals surface area contributed by atoms with Crippen molar-refractivity contribution in [3.63, 3.8) is 0 Å². The van der Waals surface area contributed by atoms with Gasteiger partial charge < -0.3 is 34.6 Å². The summed E-state index contributed by atoms with van der Waals surface area (Å²) < 4.78 is 16.8. The molecule has 1 aliphatic carbocycles. The van der Waals surface area contributed by atoms with Gasteiger partial charge in [-0.3, -0.25) is 0 Å². The first-order valence-corrected chi connectivity index (χ1v) is 11.5. The Morgan fingerprint density at radius 1 is 0.969 bits per heavy atom. The fourth-order valence-electron chi connectivity index (χ4n) is 4.91. The number of pyridine rings is 1. The van der Waals surface area contributed by atoms with E-state index in [0.29, 0.717) is 36.4 Å². The van der Waals surface area contributed by atoms with Crippen LogP contribution in [0.5, 0.6) is 17.2 Å². The highest BCUT2D eigenvalue weighted by molar-refractivity contribution is 5.92. The monoisotopic (exact) mass is 445 g/mol. The number of piperidine rings is 1. The summed E-state index contributed by atoms with van der Waals surface area (Å²) in [6.07, 6.45) is 4.84. The number of nitrogens with zero attached hydrogens (tertiary/aromatic N) is 2. The Hall–Kier alpha value is -2.29. The number of fused-ring (bicyclic) bond motifs is 1. The molecule has 0 bridgehead atoms. The number of methoxy groups -OCH3 is 3. The van der Waals surface area contributed by atoms with Crippen LogP contribution in [0.1, 0.15) is 44.1 Å². The Bertz CT molecular complexity index is 930. The lowest BCUT2D eigenvalue weighted by Gasteiger charge is -2.33. The fourth-order valence-corrected chi connectivity index (χ4v) is 4.91. The number of aliphatic hydroxyl groups is 2. The van der Waals surface area contributed by atoms with E-state index in [1.807, 2.05) is 6.07 Å². The zero-order valence-electron chi connectivity index (χ0n) is 19.3. The number of hydrogen-bond donors (Lipinski definition) is 3. The summed E-state index contributed by atoms with van der Waals surface area (Å²) in [6.45, 7) is 2.09. The lowest BCUT2D eigenvalue weighted by Crippen LogP contribution is -2.40. The van der Waals surface area contributed by atoms with E-state index >= 15 is 0 Å². The molecule has 2 heterocycles. The minimum absolute atomic E-state index is 0.174. The maximum absolute atomic E-state index is 10.3. The summed E-state index contributed by atoms with van der Waals surface area (Å²) in [7, 11) is 4.82. The summed E-state index contributed by atoms with van der Waals surface area (Å²) >= 11 is 0. The van der Waals surface area contributed by atoms with Crippen molar-refractivity contribution >= 4 is 16.7 Å². The first-order chi connectivity index (χ1) is 15.5. The summed E-state index contributed by atoms with van der Waals surface area (Å²) in [5.41, 5.74) is 1.82. The van der Waals surface area contributed by atoms with Crippen LogP contribution in [0.4, 0.5) is 5.82 Å². The van der Waals surface area contributed by atoms with Crippen LogP contribution in [-0.2, 0) is 6.54 Å². The fraction of sp³-hybridized carbons (Fsp3) is 0.625. The molecule has 0 unspecified atom stereocenters. The molecule has 1 aliphatic heterocycles. The predicted molar refractivity (Wildman–Crippen MR) is 124 cm³/mol. The van der Waals surface area contributed by atoms with Crippen LogP contribution in [0, 0.1) is 0 Å². The number of anilines is 1. The summed E-state index contributed by atoms with van der Waals surface area (Å²) in [5, 5.41) is 24.6. The second-order valence-electron chi connectivity index (χ2n) is 8.81. The SMILES string of the molecule is COc1cc2nc(N3CCC[C@H](O)C3)c(CNC3CCC(O)CC3)cc2c(OC)c1OC. The van der Waals surface area contributed by atoms with E-state index in [-0.39, 0.29) is 12.2 Å². The Balaban J connectivity index is 1.74. The van der Waals surface area contributed by atoms with Gasteiger partial charge in [-0.2, -0.15) is 0 Å². The molecule has 3 N–H and O–H groups in total. The van der Waals surface area contributed by atoms with Gasteiger partial charge in [0.05, 0.1) is 39.1 Å². The molecule has 0 radical (unpaired) electrons. The van der Waals surface area contributed by atoms with Gasteiger partial charge in [-0.1, -0.05) is 0 Å². The number of ether oxygens (including phenoxy) is 3. The van der Waals surface area contributed by atoms with Crippen molar-refractivity contribution in [1.29, 1.82) is 0 Å². The predicted octanol–water partition coefficient (Wildman–Crippen LogP) is 2.61. The molecule has 1 atom stereocenters. The molecular formula is C24H35N3O5. The minimum Gasteiger partial charge on any atom is -0.493 e. The third-order valence-electron chi connectivity index (χ3n) is 6.65. The van der Waals surface area contributed by atoms with Gasteiger partial charge in [0.25, 0.3) is 0 Å². The van der Waals surface area contributed by atoms with Gasteiger partial charge in [0.2, 0.25) is 5.75 Å². The van der Waals surface area contributed by atoms with Gasteiger partial charge in [-0.05, 0) is 44.6 Å². The smallest absolute Gasteiger partial charge is 0.204 e. The molecule has 4 rings (SSSR count). The molecule has 2 fully saturated rings. The molecule has 1 saturated carbocycles. The molecule has 1 aromatic heterocycles. The number of hydrogen-bond acceptors (Lipinski definition) is 8. The van der Waals surface area contributed by atoms with Crippen molar-refractivity contribution < 1.29 is 24.4 Å². The highest BCUT2D eigenvalue weighted by Crippen LogP contribution is 2.44. The largest absolute Gasteiger partial charge is 0.493 e. The zero-order chi connectivity index (χ0) is 22.7. The van der Waals surface area contributed by atoms with Gasteiger partial charge >= 0.3 is 0 Å². The average molecular weight is 446 g/mol. The van der Waals surface area contributed by atoms with E-state index < -0.39 is 0 Å². The molecular weight excluding hydrogens is 410 g/mol. The summed E-state index contributed by atoms with van der Waals surface area (Å²) in [5.74, 6) is 2.60. The van der Waals surface area contributed by atoms with E-state index in [4.69, 9.17) is 19.2 Å². The maximum Gasteiger partial charge on any atom is 0.204 e. The van der Waals surface area contributed by atoms with E-state index in [2.05, 4.69) is 16.3 Å². The number of aromatic nitrogens is 1. The number of benzene rings is 1. The quantitative estimate of drug-likeness (QED) is 0.599. The zero-order valence-corrected chi connectivity index (χ0v) is 19.3. The number of nitrogens with one attached hydrogen (secondary N) is 1. The number of aliphatic hydroxyl groups excluding tert-OH is 2. The molecule has 8 heteroatoms. The Morgan fingerprint density at radius 2 is 1.72 bits per heavy atom. The van der Waals surface area contributed by atoms with Gasteiger partial charge in [-0.25, -0.2) is 4.98 Å². The lowest BCUT2D eigenvalue weighted by atomic mass is 9.93. The van der Waals surface area contributed by atoms with Gasteiger partial charge in [0.1, 0.15) is 5.82 Å². The van der Waals surface area contributed by atoms with Crippen LogP contribution in [-0.4, -0.2) is 67.9 Å². The molecule has 1 saturated heterocycles. The molecule has 2 aliphatic rings. The molecule has 0 spiro atoms. The van der Waals surface area contributed by atoms with Crippen molar-refractivity contribution in [3.05, 3.63) is 17.7 Å². The van der Waals surface area contributed by atoms with Crippen molar-refractivity contribution in [3.8, 4) is 17.2 Å². The van der Waals surface area contributed by atoms with Crippen molar-refractivity contribution in [1.82, 2.24) is 10.3 Å². The van der Waals surface area contributed by atoms with Gasteiger partial charge in [0.15, 0.2) is 11.5 Å². The molecule has 1 aromatic carbocycles. The first kappa shape index (κ1) is 22.9. The second kappa shape index (κ2) is 10.1. The molecule has 176 valence electrons.